The Hall–Kier alpha value is -7.30. The van der Waals surface area contributed by atoms with E-state index in [1.165, 1.54) is 52.3 Å². The summed E-state index contributed by atoms with van der Waals surface area (Å²) >= 11 is 0. The van der Waals surface area contributed by atoms with Crippen LogP contribution in [0.1, 0.15) is 63.2 Å². The standard InChI is InChI=1S/C47H61N19O27P4/c48-30-1-4-62(45(70)57-30)33-7-20(68)26(86-33)13-81-94(73,74)92-24-11-37(66-19-56-39-42(66)60-44(52)61-43(39)69)89-29(24)16-84-97(79,80)93-23-10-36(65-18-55-38-40(51)53-17-54-41(38)65)88-28(23)15-83-96(77,78)91-22-9-35(64-6-3-32(50)59-47(64)72)87-27(22)14-82-95(75,76)90-21-8-34(85-25(21)12-67)63-5-2-31(49)58-46(63)71/h1-6,17-29,33-37,67-68H,7-16H2,(H,73,74)(H,75,76)(H,77,78)(H,79,80)(H2,48,57,70)(H2,49,58,71)(H2,50,59,72)(H2,51,53,54)(H3,52,60,61,69)/t20-,21-,22-,23-,24-,25+,26+,27+,28+,29+,33+,34+,35+,36+,37+/m0/s1. The van der Waals surface area contributed by atoms with Gasteiger partial charge >= 0.3 is 48.4 Å². The molecule has 0 bridgehead atoms. The van der Waals surface area contributed by atoms with Crippen LogP contribution in [0.2, 0.25) is 0 Å². The number of nitrogens with one attached hydrogen (secondary N) is 1. The van der Waals surface area contributed by atoms with Gasteiger partial charge in [-0.15, -0.1) is 0 Å². The van der Waals surface area contributed by atoms with E-state index in [0.717, 1.165) is 26.4 Å². The lowest BCUT2D eigenvalue weighted by Crippen LogP contribution is -2.32. The number of hydrogen-bond acceptors (Lipinski definition) is 36. The lowest BCUT2D eigenvalue weighted by Gasteiger charge is -2.25. The highest BCUT2D eigenvalue weighted by Gasteiger charge is 2.50. The van der Waals surface area contributed by atoms with Gasteiger partial charge in [0.15, 0.2) is 22.6 Å². The molecule has 0 aromatic carbocycles. The average Bonchev–Trinajstić information content (AvgIpc) is 1.65. The van der Waals surface area contributed by atoms with Gasteiger partial charge in [0.25, 0.3) is 5.56 Å². The summed E-state index contributed by atoms with van der Waals surface area (Å²) in [6, 6.07) is 3.84. The smallest absolute Gasteiger partial charge is 0.394 e. The van der Waals surface area contributed by atoms with Crippen molar-refractivity contribution in [2.24, 2.45) is 0 Å². The molecule has 5 aliphatic heterocycles. The summed E-state index contributed by atoms with van der Waals surface area (Å²) in [7, 11) is -21.4. The molecule has 46 nitrogen and oxygen atoms in total. The lowest BCUT2D eigenvalue weighted by molar-refractivity contribution is -0.0640. The van der Waals surface area contributed by atoms with E-state index in [0.29, 0.717) is 0 Å². The quantitative estimate of drug-likeness (QED) is 0.0248. The first kappa shape index (κ1) is 69.6. The Labute approximate surface area is 540 Å². The van der Waals surface area contributed by atoms with E-state index >= 15 is 0 Å². The van der Waals surface area contributed by atoms with Crippen LogP contribution in [0.5, 0.6) is 0 Å². The Balaban J connectivity index is 0.742. The first-order chi connectivity index (χ1) is 46.0. The van der Waals surface area contributed by atoms with Crippen molar-refractivity contribution in [2.45, 2.75) is 124 Å². The van der Waals surface area contributed by atoms with E-state index < -0.39 is 198 Å². The molecule has 7 aromatic heterocycles. The highest BCUT2D eigenvalue weighted by atomic mass is 31.2. The van der Waals surface area contributed by atoms with Crippen molar-refractivity contribution in [3.63, 3.8) is 0 Å². The number of rotatable bonds is 26. The van der Waals surface area contributed by atoms with Crippen LogP contribution < -0.4 is 51.3 Å². The van der Waals surface area contributed by atoms with Crippen LogP contribution in [0.15, 0.2) is 74.9 Å². The summed E-state index contributed by atoms with van der Waals surface area (Å²) in [6.07, 6.45) is -15.8. The van der Waals surface area contributed by atoms with Gasteiger partial charge in [-0.1, -0.05) is 0 Å². The van der Waals surface area contributed by atoms with Gasteiger partial charge in [-0.2, -0.15) is 19.9 Å². The van der Waals surface area contributed by atoms with Gasteiger partial charge in [0.2, 0.25) is 5.95 Å². The van der Waals surface area contributed by atoms with Crippen molar-refractivity contribution < 1.29 is 108 Å². The zero-order valence-corrected chi connectivity index (χ0v) is 53.3. The van der Waals surface area contributed by atoms with Gasteiger partial charge < -0.3 is 82.1 Å². The van der Waals surface area contributed by atoms with E-state index in [9.17, 15) is 67.2 Å². The monoisotopic (exact) mass is 1450 g/mol. The van der Waals surface area contributed by atoms with Crippen molar-refractivity contribution in [1.82, 2.24) is 67.7 Å². The molecule has 0 amide bonds. The first-order valence-corrected chi connectivity index (χ1v) is 34.8. The molecule has 50 heteroatoms. The highest BCUT2D eigenvalue weighted by molar-refractivity contribution is 7.48. The van der Waals surface area contributed by atoms with E-state index in [1.807, 2.05) is 0 Å². The fraction of sp³-hybridized carbons (Fsp3) is 0.532. The molecule has 4 unspecified atom stereocenters. The molecule has 5 saturated heterocycles. The topological polar surface area (TPSA) is 652 Å². The zero-order chi connectivity index (χ0) is 69.0. The maximum absolute atomic E-state index is 14.2. The van der Waals surface area contributed by atoms with Crippen molar-refractivity contribution >= 4 is 82.8 Å². The van der Waals surface area contributed by atoms with Crippen LogP contribution in [0, 0.1) is 0 Å². The van der Waals surface area contributed by atoms with E-state index in [2.05, 4.69) is 44.9 Å². The second kappa shape index (κ2) is 27.8. The minimum atomic E-state index is -5.48. The van der Waals surface area contributed by atoms with E-state index in [-0.39, 0.29) is 64.4 Å². The van der Waals surface area contributed by atoms with Gasteiger partial charge in [-0.3, -0.25) is 68.8 Å². The van der Waals surface area contributed by atoms with E-state index in [4.69, 9.17) is 88.5 Å². The van der Waals surface area contributed by atoms with Crippen LogP contribution in [-0.2, 0) is 78.1 Å². The van der Waals surface area contributed by atoms with Gasteiger partial charge in [0.1, 0.15) is 115 Å². The number of ether oxygens (including phenoxy) is 5. The van der Waals surface area contributed by atoms with Gasteiger partial charge in [-0.05, 0) is 18.2 Å². The molecule has 97 heavy (non-hydrogen) atoms. The maximum Gasteiger partial charge on any atom is 0.472 e. The average molecular weight is 1450 g/mol. The van der Waals surface area contributed by atoms with Crippen LogP contribution in [0.4, 0.5) is 29.2 Å². The molecule has 7 aromatic rings. The number of anilines is 5. The summed E-state index contributed by atoms with van der Waals surface area (Å²) in [5.74, 6) is -0.730. The molecule has 0 saturated carbocycles. The molecule has 19 atom stereocenters. The molecule has 5 fully saturated rings. The number of imidazole rings is 2. The highest BCUT2D eigenvalue weighted by Crippen LogP contribution is 2.55. The molecule has 0 spiro atoms. The summed E-state index contributed by atoms with van der Waals surface area (Å²) < 4.78 is 135. The largest absolute Gasteiger partial charge is 0.472 e. The maximum atomic E-state index is 14.2. The molecule has 0 radical (unpaired) electrons. The Morgan fingerprint density at radius 2 is 0.835 bits per heavy atom. The van der Waals surface area contributed by atoms with Crippen LogP contribution in [0.3, 0.4) is 0 Å². The number of hydrogen-bond donors (Lipinski definition) is 12. The van der Waals surface area contributed by atoms with Crippen molar-refractivity contribution in [1.29, 1.82) is 0 Å². The lowest BCUT2D eigenvalue weighted by atomic mass is 10.2. The zero-order valence-electron chi connectivity index (χ0n) is 49.7. The number of aromatic amines is 1. The molecule has 526 valence electrons. The molecule has 12 rings (SSSR count). The number of phosphoric ester groups is 4. The Morgan fingerprint density at radius 1 is 0.474 bits per heavy atom. The predicted octanol–water partition coefficient (Wildman–Crippen LogP) is -2.56. The van der Waals surface area contributed by atoms with Gasteiger partial charge in [0.05, 0.1) is 51.8 Å². The molecule has 0 aliphatic carbocycles. The third-order valence-corrected chi connectivity index (χ3v) is 19.8. The Bertz CT molecular complexity index is 4520. The molecule has 12 heterocycles. The minimum Gasteiger partial charge on any atom is -0.394 e. The number of phosphoric acid groups is 4. The summed E-state index contributed by atoms with van der Waals surface area (Å²) in [4.78, 5) is 130. The van der Waals surface area contributed by atoms with Crippen molar-refractivity contribution in [3.8, 4) is 0 Å². The third kappa shape index (κ3) is 15.8. The number of H-pyrrole nitrogens is 1. The van der Waals surface area contributed by atoms with Crippen LogP contribution in [-0.4, -0.2) is 192 Å². The number of aromatic nitrogens is 14. The fourth-order valence-electron chi connectivity index (χ4n) is 11.2. The van der Waals surface area contributed by atoms with Crippen LogP contribution in [0.25, 0.3) is 22.3 Å². The van der Waals surface area contributed by atoms with Gasteiger partial charge in [-0.25, -0.2) is 52.6 Å². The number of fused-ring (bicyclic) bond motifs is 2. The minimum absolute atomic E-state index is 0.0469. The van der Waals surface area contributed by atoms with Gasteiger partial charge in [0, 0.05) is 50.7 Å². The first-order valence-electron chi connectivity index (χ1n) is 28.9. The SMILES string of the molecule is Nc1ccn([C@H]2C[C@H](OP(=O)(O)OC[C@H]3O[C@@H](n4ccc(N)nc4=O)C[C@@H]3OP(=O)(O)OC[C@H]3O[C@@H](n4cnc5c(N)ncnc54)C[C@@H]3OP(=O)(O)OC[C@H]3O[C@@H](n4cnc5c(=O)[nH]c(N)nc54)C[C@@H]3OP(=O)(O)OC[C@H]3O[C@@H](n4ccc(N)nc4=O)C[C@@H]3O)[C@@H](CO)O2)c(=O)n1. The Kier molecular flexibility index (Phi) is 19.9. The number of nitrogens with two attached hydrogens (primary N) is 5. The fourth-order valence-corrected chi connectivity index (χ4v) is 15.1. The summed E-state index contributed by atoms with van der Waals surface area (Å²) in [5.41, 5.74) is 25.3. The third-order valence-electron chi connectivity index (χ3n) is 15.7. The molecular weight excluding hydrogens is 1390 g/mol. The molecular formula is C47H61N19O27P4. The van der Waals surface area contributed by atoms with Crippen LogP contribution >= 0.6 is 31.3 Å². The second-order valence-electron chi connectivity index (χ2n) is 22.2. The number of nitrogen functional groups attached to an aromatic ring is 5. The summed E-state index contributed by atoms with van der Waals surface area (Å²) in [5, 5.41) is 20.9. The normalized spacial score (nSPS) is 30.0. The number of nitrogens with zero attached hydrogens (tertiary/aromatic N) is 13. The Morgan fingerprint density at radius 3 is 1.26 bits per heavy atom. The number of aliphatic hydroxyl groups is 2. The molecule has 17 N–H and O–H groups in total. The van der Waals surface area contributed by atoms with Crippen molar-refractivity contribution in [3.05, 3.63) is 97.6 Å². The van der Waals surface area contributed by atoms with E-state index in [1.54, 1.807) is 0 Å². The predicted molar refractivity (Wildman–Crippen MR) is 319 cm³/mol. The molecule has 5 aliphatic rings. The second-order valence-corrected chi connectivity index (χ2v) is 27.8. The number of aliphatic hydroxyl groups excluding tert-OH is 2. The summed E-state index contributed by atoms with van der Waals surface area (Å²) in [6.45, 7) is -4.51. The van der Waals surface area contributed by atoms with Crippen molar-refractivity contribution in [2.75, 3.05) is 61.7 Å².